The molecule has 3 heterocycles. The molecule has 0 unspecified atom stereocenters. The summed E-state index contributed by atoms with van der Waals surface area (Å²) in [6.45, 7) is 3.85. The van der Waals surface area contributed by atoms with Gasteiger partial charge in [0.05, 0.1) is 11.4 Å². The van der Waals surface area contributed by atoms with Crippen LogP contribution < -0.4 is 14.5 Å². The lowest BCUT2D eigenvalue weighted by Gasteiger charge is -2.36. The average molecular weight is 466 g/mol. The van der Waals surface area contributed by atoms with Crippen molar-refractivity contribution in [2.75, 3.05) is 49.2 Å². The summed E-state index contributed by atoms with van der Waals surface area (Å²) in [4.78, 5) is 29.9. The fourth-order valence-corrected chi connectivity index (χ4v) is 5.12. The van der Waals surface area contributed by atoms with Gasteiger partial charge in [-0.15, -0.1) is 0 Å². The van der Waals surface area contributed by atoms with Gasteiger partial charge in [0, 0.05) is 63.8 Å². The van der Waals surface area contributed by atoms with Gasteiger partial charge in [-0.3, -0.25) is 9.69 Å². The number of hydrogen-bond acceptors (Lipinski definition) is 5. The second kappa shape index (κ2) is 9.93. The van der Waals surface area contributed by atoms with Crippen LogP contribution in [0.2, 0.25) is 0 Å². The molecule has 2 aromatic rings. The average Bonchev–Trinajstić information content (AvgIpc) is 2.89. The van der Waals surface area contributed by atoms with E-state index in [1.54, 1.807) is 0 Å². The van der Waals surface area contributed by atoms with Crippen LogP contribution in [0.4, 0.5) is 21.9 Å². The molecule has 2 aromatic carbocycles. The number of nitrogens with zero attached hydrogens (tertiary/aromatic N) is 3. The number of piperidine rings is 1. The highest BCUT2D eigenvalue weighted by Crippen LogP contribution is 2.38. The van der Waals surface area contributed by atoms with E-state index in [2.05, 4.69) is 4.90 Å². The summed E-state index contributed by atoms with van der Waals surface area (Å²) in [6, 6.07) is 15.6. The largest absolute Gasteiger partial charge is 0.490 e. The van der Waals surface area contributed by atoms with Gasteiger partial charge in [-0.1, -0.05) is 12.1 Å². The minimum Gasteiger partial charge on any atom is -0.490 e. The van der Waals surface area contributed by atoms with Gasteiger partial charge < -0.3 is 24.4 Å². The zero-order chi connectivity index (χ0) is 23.5. The number of para-hydroxylation sites is 2. The van der Waals surface area contributed by atoms with Crippen molar-refractivity contribution in [3.05, 3.63) is 48.5 Å². The number of ether oxygens (including phenoxy) is 2. The maximum atomic E-state index is 12.7. The number of carbonyl (C=O) groups is 2. The minimum absolute atomic E-state index is 0.101. The van der Waals surface area contributed by atoms with Crippen molar-refractivity contribution in [1.29, 1.82) is 0 Å². The Labute approximate surface area is 199 Å². The first-order chi connectivity index (χ1) is 16.6. The van der Waals surface area contributed by atoms with Gasteiger partial charge in [-0.25, -0.2) is 4.79 Å². The highest BCUT2D eigenvalue weighted by molar-refractivity contribution is 5.94. The molecule has 2 saturated heterocycles. The van der Waals surface area contributed by atoms with Crippen molar-refractivity contribution in [2.24, 2.45) is 5.92 Å². The van der Waals surface area contributed by atoms with Crippen LogP contribution in [0.15, 0.2) is 48.5 Å². The van der Waals surface area contributed by atoms with Crippen molar-refractivity contribution < 1.29 is 24.2 Å². The molecule has 0 saturated carbocycles. The first-order valence-electron chi connectivity index (χ1n) is 12.1. The Morgan fingerprint density at radius 1 is 0.853 bits per heavy atom. The lowest BCUT2D eigenvalue weighted by atomic mass is 9.97. The Bertz CT molecular complexity index is 1010. The van der Waals surface area contributed by atoms with E-state index < -0.39 is 6.09 Å². The van der Waals surface area contributed by atoms with Crippen LogP contribution in [0.25, 0.3) is 0 Å². The fourth-order valence-electron chi connectivity index (χ4n) is 5.12. The zero-order valence-corrected chi connectivity index (χ0v) is 19.3. The van der Waals surface area contributed by atoms with E-state index in [0.717, 1.165) is 55.9 Å². The topological polar surface area (TPSA) is 82.5 Å². The smallest absolute Gasteiger partial charge is 0.411 e. The highest BCUT2D eigenvalue weighted by atomic mass is 16.5. The lowest BCUT2D eigenvalue weighted by Crippen LogP contribution is -2.45. The number of likely N-dealkylation sites (tertiary alicyclic amines) is 1. The normalized spacial score (nSPS) is 19.6. The highest BCUT2D eigenvalue weighted by Gasteiger charge is 2.30. The molecule has 0 aromatic heterocycles. The molecule has 0 atom stereocenters. The van der Waals surface area contributed by atoms with Crippen LogP contribution >= 0.6 is 0 Å². The number of rotatable bonds is 4. The lowest BCUT2D eigenvalue weighted by molar-refractivity contribution is -0.140. The molecular formula is C26H31N3O5. The van der Waals surface area contributed by atoms with E-state index in [1.807, 2.05) is 53.4 Å². The molecule has 8 nitrogen and oxygen atoms in total. The van der Waals surface area contributed by atoms with Gasteiger partial charge in [0.2, 0.25) is 5.91 Å². The summed E-state index contributed by atoms with van der Waals surface area (Å²) < 4.78 is 11.6. The van der Waals surface area contributed by atoms with Crippen molar-refractivity contribution in [1.82, 2.24) is 4.90 Å². The third-order valence-electron chi connectivity index (χ3n) is 7.02. The van der Waals surface area contributed by atoms with E-state index >= 15 is 0 Å². The third-order valence-corrected chi connectivity index (χ3v) is 7.02. The van der Waals surface area contributed by atoms with E-state index in [9.17, 15) is 14.7 Å². The Kier molecular flexibility index (Phi) is 6.58. The molecule has 8 heteroatoms. The monoisotopic (exact) mass is 465 g/mol. The first kappa shape index (κ1) is 22.5. The second-order valence-corrected chi connectivity index (χ2v) is 9.10. The van der Waals surface area contributed by atoms with Crippen molar-refractivity contribution >= 4 is 29.1 Å². The molecule has 3 aliphatic heterocycles. The summed E-state index contributed by atoms with van der Waals surface area (Å²) in [5.41, 5.74) is 2.58. The summed E-state index contributed by atoms with van der Waals surface area (Å²) in [5.74, 6) is 1.20. The SMILES string of the molecule is O=C(C1CCOCC1)N1CCC(Oc2ccc(N3CCN(C(=O)O)c4ccccc43)cc2)CC1. The molecule has 34 heavy (non-hydrogen) atoms. The quantitative estimate of drug-likeness (QED) is 0.732. The van der Waals surface area contributed by atoms with E-state index in [4.69, 9.17) is 9.47 Å². The van der Waals surface area contributed by atoms with Gasteiger partial charge in [0.25, 0.3) is 0 Å². The summed E-state index contributed by atoms with van der Waals surface area (Å²) in [6.07, 6.45) is 2.50. The molecule has 0 spiro atoms. The van der Waals surface area contributed by atoms with E-state index in [0.29, 0.717) is 32.0 Å². The van der Waals surface area contributed by atoms with Crippen LogP contribution in [0.3, 0.4) is 0 Å². The van der Waals surface area contributed by atoms with Crippen molar-refractivity contribution in [3.8, 4) is 5.75 Å². The van der Waals surface area contributed by atoms with Crippen LogP contribution in [0.1, 0.15) is 25.7 Å². The van der Waals surface area contributed by atoms with Crippen LogP contribution in [-0.2, 0) is 9.53 Å². The second-order valence-electron chi connectivity index (χ2n) is 9.10. The molecule has 2 amide bonds. The van der Waals surface area contributed by atoms with Crippen LogP contribution in [0, 0.1) is 5.92 Å². The molecule has 2 fully saturated rings. The number of benzene rings is 2. The van der Waals surface area contributed by atoms with Crippen molar-refractivity contribution in [3.63, 3.8) is 0 Å². The van der Waals surface area contributed by atoms with E-state index in [-0.39, 0.29) is 17.9 Å². The van der Waals surface area contributed by atoms with Gasteiger partial charge in [0.1, 0.15) is 11.9 Å². The number of fused-ring (bicyclic) bond motifs is 1. The Balaban J connectivity index is 1.18. The number of anilines is 3. The summed E-state index contributed by atoms with van der Waals surface area (Å²) in [7, 11) is 0. The number of carbonyl (C=O) groups excluding carboxylic acids is 1. The molecule has 180 valence electrons. The van der Waals surface area contributed by atoms with Crippen molar-refractivity contribution in [2.45, 2.75) is 31.8 Å². The Morgan fingerprint density at radius 2 is 1.53 bits per heavy atom. The number of hydrogen-bond donors (Lipinski definition) is 1. The third kappa shape index (κ3) is 4.68. The predicted molar refractivity (Wildman–Crippen MR) is 129 cm³/mol. The molecular weight excluding hydrogens is 434 g/mol. The molecule has 3 aliphatic rings. The van der Waals surface area contributed by atoms with Gasteiger partial charge in [-0.05, 0) is 49.2 Å². The molecule has 0 bridgehead atoms. The number of carboxylic acid groups (broad SMARTS) is 1. The van der Waals surface area contributed by atoms with Gasteiger partial charge in [-0.2, -0.15) is 0 Å². The van der Waals surface area contributed by atoms with Gasteiger partial charge in [0.15, 0.2) is 0 Å². The zero-order valence-electron chi connectivity index (χ0n) is 19.3. The Morgan fingerprint density at radius 3 is 2.21 bits per heavy atom. The Hall–Kier alpha value is -3.26. The molecule has 5 rings (SSSR count). The van der Waals surface area contributed by atoms with E-state index in [1.165, 1.54) is 4.90 Å². The minimum atomic E-state index is -0.934. The molecule has 0 aliphatic carbocycles. The maximum absolute atomic E-state index is 12.7. The first-order valence-corrected chi connectivity index (χ1v) is 12.1. The predicted octanol–water partition coefficient (Wildman–Crippen LogP) is 4.12. The standard InChI is InChI=1S/C26H31N3O5/c30-25(19-11-17-33-18-12-19)27-13-9-22(10-14-27)34-21-7-5-20(6-8-21)28-15-16-29(26(31)32)24-4-2-1-3-23(24)28/h1-8,19,22H,9-18H2,(H,31,32). The van der Waals surface area contributed by atoms with Gasteiger partial charge >= 0.3 is 6.09 Å². The van der Waals surface area contributed by atoms with Crippen LogP contribution in [0.5, 0.6) is 5.75 Å². The molecule has 1 N–H and O–H groups in total. The molecule has 0 radical (unpaired) electrons. The fraction of sp³-hybridized carbons (Fsp3) is 0.462. The van der Waals surface area contributed by atoms with Crippen LogP contribution in [-0.4, -0.2) is 67.5 Å². The summed E-state index contributed by atoms with van der Waals surface area (Å²) in [5, 5.41) is 9.51. The maximum Gasteiger partial charge on any atom is 0.411 e. The summed E-state index contributed by atoms with van der Waals surface area (Å²) >= 11 is 0. The number of amides is 2.